The van der Waals surface area contributed by atoms with Crippen LogP contribution in [0.4, 0.5) is 20.2 Å². The van der Waals surface area contributed by atoms with Gasteiger partial charge in [0.1, 0.15) is 11.3 Å². The summed E-state index contributed by atoms with van der Waals surface area (Å²) in [4.78, 5) is 30.5. The molecule has 0 unspecified atom stereocenters. The lowest BCUT2D eigenvalue weighted by Crippen LogP contribution is -2.48. The third-order valence-corrected chi connectivity index (χ3v) is 4.97. The van der Waals surface area contributed by atoms with Crippen molar-refractivity contribution in [3.05, 3.63) is 76.0 Å². The first-order valence-corrected chi connectivity index (χ1v) is 8.96. The van der Waals surface area contributed by atoms with E-state index in [0.29, 0.717) is 42.8 Å². The molecule has 4 rings (SSSR count). The minimum absolute atomic E-state index is 0.0737. The molecular weight excluding hydrogens is 382 g/mol. The van der Waals surface area contributed by atoms with Crippen molar-refractivity contribution in [2.75, 3.05) is 31.1 Å². The standard InChI is InChI=1S/C20H16F2N4O3/c21-14-11-16-18(5-6-23-19(16)17(22)12-14)24-7-9-25(10-8-24)20(27)13-1-3-15(4-2-13)26(28)29/h1-6,11-12H,7-10H2. The summed E-state index contributed by atoms with van der Waals surface area (Å²) in [6.07, 6.45) is 1.48. The normalized spacial score (nSPS) is 14.3. The summed E-state index contributed by atoms with van der Waals surface area (Å²) >= 11 is 0. The summed E-state index contributed by atoms with van der Waals surface area (Å²) in [5.41, 5.74) is 1.07. The summed E-state index contributed by atoms with van der Waals surface area (Å²) < 4.78 is 27.7. The number of halogens is 2. The number of aromatic nitrogens is 1. The predicted octanol–water partition coefficient (Wildman–Crippen LogP) is 3.38. The zero-order chi connectivity index (χ0) is 20.5. The third kappa shape index (κ3) is 3.58. The van der Waals surface area contributed by atoms with Crippen LogP contribution in [0.5, 0.6) is 0 Å². The van der Waals surface area contributed by atoms with E-state index in [1.54, 1.807) is 11.0 Å². The van der Waals surface area contributed by atoms with Crippen LogP contribution in [-0.2, 0) is 0 Å². The van der Waals surface area contributed by atoms with Crippen LogP contribution in [0.3, 0.4) is 0 Å². The van der Waals surface area contributed by atoms with Gasteiger partial charge in [0.05, 0.1) is 4.92 Å². The molecule has 0 spiro atoms. The fraction of sp³-hybridized carbons (Fsp3) is 0.200. The number of piperazine rings is 1. The van der Waals surface area contributed by atoms with E-state index in [4.69, 9.17) is 0 Å². The molecule has 2 aromatic carbocycles. The number of carbonyl (C=O) groups is 1. The Morgan fingerprint density at radius 1 is 1.03 bits per heavy atom. The highest BCUT2D eigenvalue weighted by atomic mass is 19.1. The first kappa shape index (κ1) is 18.7. The van der Waals surface area contributed by atoms with Crippen molar-refractivity contribution in [3.63, 3.8) is 0 Å². The summed E-state index contributed by atoms with van der Waals surface area (Å²) in [6.45, 7) is 1.79. The fourth-order valence-electron chi connectivity index (χ4n) is 3.50. The molecular formula is C20H16F2N4O3. The van der Waals surface area contributed by atoms with Gasteiger partial charge in [-0.3, -0.25) is 19.9 Å². The Morgan fingerprint density at radius 2 is 1.72 bits per heavy atom. The highest BCUT2D eigenvalue weighted by molar-refractivity contribution is 5.95. The van der Waals surface area contributed by atoms with Gasteiger partial charge in [-0.25, -0.2) is 8.78 Å². The number of fused-ring (bicyclic) bond motifs is 1. The summed E-state index contributed by atoms with van der Waals surface area (Å²) in [5, 5.41) is 11.1. The maximum absolute atomic E-state index is 14.0. The third-order valence-electron chi connectivity index (χ3n) is 4.97. The molecule has 148 valence electrons. The van der Waals surface area contributed by atoms with Crippen LogP contribution >= 0.6 is 0 Å². The Hall–Kier alpha value is -3.62. The Labute approximate surface area is 164 Å². The number of benzene rings is 2. The highest BCUT2D eigenvalue weighted by Gasteiger charge is 2.24. The lowest BCUT2D eigenvalue weighted by Gasteiger charge is -2.36. The molecule has 0 bridgehead atoms. The van der Waals surface area contributed by atoms with E-state index >= 15 is 0 Å². The number of pyridine rings is 1. The number of hydrogen-bond acceptors (Lipinski definition) is 5. The number of nitro benzene ring substituents is 1. The van der Waals surface area contributed by atoms with E-state index in [9.17, 15) is 23.7 Å². The number of carbonyl (C=O) groups excluding carboxylic acids is 1. The smallest absolute Gasteiger partial charge is 0.269 e. The van der Waals surface area contributed by atoms with Crippen molar-refractivity contribution < 1.29 is 18.5 Å². The van der Waals surface area contributed by atoms with Crippen LogP contribution in [0.2, 0.25) is 0 Å². The number of hydrogen-bond donors (Lipinski definition) is 0. The Kier molecular flexibility index (Phi) is 4.79. The van der Waals surface area contributed by atoms with Crippen molar-refractivity contribution in [2.45, 2.75) is 0 Å². The average Bonchev–Trinajstić information content (AvgIpc) is 2.73. The molecule has 1 aliphatic heterocycles. The number of nitrogens with zero attached hydrogens (tertiary/aromatic N) is 4. The molecule has 0 saturated carbocycles. The first-order chi connectivity index (χ1) is 13.9. The largest absolute Gasteiger partial charge is 0.367 e. The summed E-state index contributed by atoms with van der Waals surface area (Å²) in [6, 6.07) is 9.25. The second-order valence-electron chi connectivity index (χ2n) is 6.70. The maximum Gasteiger partial charge on any atom is 0.269 e. The second-order valence-corrected chi connectivity index (χ2v) is 6.70. The van der Waals surface area contributed by atoms with Gasteiger partial charge in [0.2, 0.25) is 0 Å². The van der Waals surface area contributed by atoms with Crippen molar-refractivity contribution in [1.29, 1.82) is 0 Å². The van der Waals surface area contributed by atoms with Gasteiger partial charge in [-0.05, 0) is 24.3 Å². The van der Waals surface area contributed by atoms with Crippen LogP contribution in [0, 0.1) is 21.7 Å². The molecule has 9 heteroatoms. The Morgan fingerprint density at radius 3 is 2.38 bits per heavy atom. The van der Waals surface area contributed by atoms with Crippen LogP contribution in [-0.4, -0.2) is 46.9 Å². The van der Waals surface area contributed by atoms with Crippen LogP contribution in [0.15, 0.2) is 48.7 Å². The van der Waals surface area contributed by atoms with Crippen molar-refractivity contribution >= 4 is 28.2 Å². The van der Waals surface area contributed by atoms with Gasteiger partial charge in [0.25, 0.3) is 11.6 Å². The molecule has 0 radical (unpaired) electrons. The lowest BCUT2D eigenvalue weighted by atomic mass is 10.1. The van der Waals surface area contributed by atoms with Gasteiger partial charge in [-0.1, -0.05) is 0 Å². The van der Waals surface area contributed by atoms with Crippen LogP contribution in [0.1, 0.15) is 10.4 Å². The number of non-ortho nitro benzene ring substituents is 1. The SMILES string of the molecule is O=C(c1ccc([N+](=O)[O-])cc1)N1CCN(c2ccnc3c(F)cc(F)cc23)CC1. The quantitative estimate of drug-likeness (QED) is 0.499. The fourth-order valence-corrected chi connectivity index (χ4v) is 3.50. The second kappa shape index (κ2) is 7.42. The van der Waals surface area contributed by atoms with Crippen molar-refractivity contribution in [2.24, 2.45) is 0 Å². The maximum atomic E-state index is 14.0. The molecule has 1 aliphatic rings. The van der Waals surface area contributed by atoms with E-state index in [1.165, 1.54) is 36.5 Å². The van der Waals surface area contributed by atoms with Gasteiger partial charge >= 0.3 is 0 Å². The first-order valence-electron chi connectivity index (χ1n) is 8.96. The van der Waals surface area contributed by atoms with E-state index in [1.807, 2.05) is 4.90 Å². The van der Waals surface area contributed by atoms with Crippen LogP contribution in [0.25, 0.3) is 10.9 Å². The molecule has 0 aliphatic carbocycles. The Bertz CT molecular complexity index is 1100. The summed E-state index contributed by atoms with van der Waals surface area (Å²) in [7, 11) is 0. The molecule has 1 fully saturated rings. The molecule has 7 nitrogen and oxygen atoms in total. The molecule has 1 saturated heterocycles. The van der Waals surface area contributed by atoms with Crippen molar-refractivity contribution in [1.82, 2.24) is 9.88 Å². The van der Waals surface area contributed by atoms with Gasteiger partial charge < -0.3 is 9.80 Å². The molecule has 1 amide bonds. The van der Waals surface area contributed by atoms with E-state index in [0.717, 1.165) is 6.07 Å². The minimum Gasteiger partial charge on any atom is -0.367 e. The number of rotatable bonds is 3. The number of anilines is 1. The lowest BCUT2D eigenvalue weighted by molar-refractivity contribution is -0.384. The molecule has 29 heavy (non-hydrogen) atoms. The minimum atomic E-state index is -0.714. The molecule has 3 aromatic rings. The van der Waals surface area contributed by atoms with Gasteiger partial charge in [0.15, 0.2) is 5.82 Å². The van der Waals surface area contributed by atoms with Gasteiger partial charge in [-0.2, -0.15) is 0 Å². The Balaban J connectivity index is 1.50. The van der Waals surface area contributed by atoms with Crippen LogP contribution < -0.4 is 4.90 Å². The zero-order valence-electron chi connectivity index (χ0n) is 15.2. The number of amides is 1. The van der Waals surface area contributed by atoms with Gasteiger partial charge in [0, 0.05) is 67.2 Å². The van der Waals surface area contributed by atoms with E-state index < -0.39 is 16.6 Å². The molecule has 1 aromatic heterocycles. The topological polar surface area (TPSA) is 79.6 Å². The molecule has 2 heterocycles. The summed E-state index contributed by atoms with van der Waals surface area (Å²) in [5.74, 6) is -1.60. The van der Waals surface area contributed by atoms with Crippen molar-refractivity contribution in [3.8, 4) is 0 Å². The average molecular weight is 398 g/mol. The highest BCUT2D eigenvalue weighted by Crippen LogP contribution is 2.29. The molecule has 0 N–H and O–H groups in total. The molecule has 0 atom stereocenters. The van der Waals surface area contributed by atoms with Gasteiger partial charge in [-0.15, -0.1) is 0 Å². The number of nitro groups is 1. The zero-order valence-corrected chi connectivity index (χ0v) is 15.2. The monoisotopic (exact) mass is 398 g/mol. The van der Waals surface area contributed by atoms with E-state index in [2.05, 4.69) is 4.98 Å². The predicted molar refractivity (Wildman–Crippen MR) is 103 cm³/mol. The van der Waals surface area contributed by atoms with E-state index in [-0.39, 0.29) is 17.1 Å².